The third-order valence-electron chi connectivity index (χ3n) is 3.84. The molecule has 1 aliphatic rings. The molecule has 0 aromatic heterocycles. The Hall–Kier alpha value is -2.00. The summed E-state index contributed by atoms with van der Waals surface area (Å²) in [5.41, 5.74) is 1.47. The van der Waals surface area contributed by atoms with E-state index in [0.29, 0.717) is 36.5 Å². The maximum atomic E-state index is 12.1. The molecule has 156 valence electrons. The standard InChI is InChI=1S/C20H15BrCl2N2O4S/c1-10(26)24-20-25-19(27)17(30-20)7-11-5-14(21)18(16(6-11)28-2)29-9-12-3-4-13(22)8-15(12)23/h3-8H,9H2,1-2H3,(H,24,25,26,27)/b17-7+. The first-order chi connectivity index (χ1) is 14.3. The lowest BCUT2D eigenvalue weighted by atomic mass is 10.2. The van der Waals surface area contributed by atoms with Gasteiger partial charge in [-0.05, 0) is 63.6 Å². The molecule has 0 spiro atoms. The number of carbonyl (C=O) groups is 2. The molecule has 10 heteroatoms. The number of aliphatic imine (C=N–C) groups is 1. The number of halogens is 3. The maximum Gasteiger partial charge on any atom is 0.286 e. The highest BCUT2D eigenvalue weighted by Crippen LogP contribution is 2.39. The van der Waals surface area contributed by atoms with Gasteiger partial charge in [0.05, 0.1) is 16.5 Å². The van der Waals surface area contributed by atoms with Crippen molar-refractivity contribution in [2.75, 3.05) is 7.11 Å². The normalized spacial score (nSPS) is 14.6. The molecule has 0 atom stereocenters. The van der Waals surface area contributed by atoms with Crippen molar-refractivity contribution in [3.63, 3.8) is 0 Å². The molecule has 2 amide bonds. The van der Waals surface area contributed by atoms with E-state index in [-0.39, 0.29) is 17.7 Å². The van der Waals surface area contributed by atoms with Crippen LogP contribution in [0.2, 0.25) is 10.0 Å². The first kappa shape index (κ1) is 22.7. The van der Waals surface area contributed by atoms with Crippen LogP contribution < -0.4 is 14.8 Å². The topological polar surface area (TPSA) is 77.0 Å². The fourth-order valence-corrected chi connectivity index (χ4v) is 4.41. The number of carbonyl (C=O) groups excluding carboxylic acids is 2. The van der Waals surface area contributed by atoms with E-state index in [4.69, 9.17) is 32.7 Å². The van der Waals surface area contributed by atoms with Gasteiger partial charge in [0.1, 0.15) is 6.61 Å². The second kappa shape index (κ2) is 9.87. The number of nitrogens with one attached hydrogen (secondary N) is 1. The minimum Gasteiger partial charge on any atom is -0.493 e. The van der Waals surface area contributed by atoms with Crippen molar-refractivity contribution >= 4 is 74.0 Å². The Balaban J connectivity index is 1.80. The van der Waals surface area contributed by atoms with E-state index in [2.05, 4.69) is 26.2 Å². The molecule has 0 unspecified atom stereocenters. The number of benzene rings is 2. The predicted molar refractivity (Wildman–Crippen MR) is 123 cm³/mol. The van der Waals surface area contributed by atoms with Crippen LogP contribution in [0.3, 0.4) is 0 Å². The van der Waals surface area contributed by atoms with Crippen molar-refractivity contribution in [2.24, 2.45) is 4.99 Å². The first-order valence-corrected chi connectivity index (χ1v) is 10.9. The fraction of sp³-hybridized carbons (Fsp3) is 0.150. The smallest absolute Gasteiger partial charge is 0.286 e. The zero-order valence-corrected chi connectivity index (χ0v) is 19.7. The lowest BCUT2D eigenvalue weighted by Gasteiger charge is -2.14. The maximum absolute atomic E-state index is 12.1. The molecular weight excluding hydrogens is 515 g/mol. The summed E-state index contributed by atoms with van der Waals surface area (Å²) in [6, 6.07) is 8.71. The lowest BCUT2D eigenvalue weighted by molar-refractivity contribution is -0.117. The summed E-state index contributed by atoms with van der Waals surface area (Å²) >= 11 is 16.7. The molecule has 2 aromatic carbocycles. The molecule has 1 heterocycles. The van der Waals surface area contributed by atoms with Gasteiger partial charge < -0.3 is 14.8 Å². The number of amidine groups is 1. The Morgan fingerprint density at radius 2 is 2.07 bits per heavy atom. The zero-order chi connectivity index (χ0) is 21.8. The van der Waals surface area contributed by atoms with Crippen LogP contribution in [-0.2, 0) is 16.2 Å². The average molecular weight is 530 g/mol. The van der Waals surface area contributed by atoms with Crippen LogP contribution in [0.1, 0.15) is 18.1 Å². The van der Waals surface area contributed by atoms with E-state index < -0.39 is 5.91 Å². The number of rotatable bonds is 5. The molecule has 0 saturated heterocycles. The largest absolute Gasteiger partial charge is 0.493 e. The van der Waals surface area contributed by atoms with Crippen molar-refractivity contribution in [1.82, 2.24) is 5.32 Å². The highest BCUT2D eigenvalue weighted by Gasteiger charge is 2.23. The second-order valence-corrected chi connectivity index (χ2v) is 8.80. The van der Waals surface area contributed by atoms with Crippen molar-refractivity contribution in [3.05, 3.63) is 60.9 Å². The quantitative estimate of drug-likeness (QED) is 0.521. The van der Waals surface area contributed by atoms with Gasteiger partial charge in [-0.15, -0.1) is 0 Å². The van der Waals surface area contributed by atoms with Crippen LogP contribution in [-0.4, -0.2) is 24.1 Å². The second-order valence-electron chi connectivity index (χ2n) is 6.07. The van der Waals surface area contributed by atoms with E-state index in [9.17, 15) is 9.59 Å². The summed E-state index contributed by atoms with van der Waals surface area (Å²) in [5.74, 6) is 0.254. The van der Waals surface area contributed by atoms with Gasteiger partial charge in [-0.3, -0.25) is 9.59 Å². The van der Waals surface area contributed by atoms with Gasteiger partial charge in [0.2, 0.25) is 5.91 Å². The monoisotopic (exact) mass is 528 g/mol. The number of thioether (sulfide) groups is 1. The van der Waals surface area contributed by atoms with Crippen LogP contribution in [0, 0.1) is 0 Å². The molecule has 0 fully saturated rings. The summed E-state index contributed by atoms with van der Waals surface area (Å²) in [6.07, 6.45) is 1.67. The van der Waals surface area contributed by atoms with Crippen LogP contribution in [0.15, 0.2) is 44.7 Å². The van der Waals surface area contributed by atoms with E-state index in [1.807, 2.05) is 0 Å². The Morgan fingerprint density at radius 1 is 1.30 bits per heavy atom. The molecule has 0 bridgehead atoms. The van der Waals surface area contributed by atoms with Crippen molar-refractivity contribution in [1.29, 1.82) is 0 Å². The van der Waals surface area contributed by atoms with Gasteiger partial charge in [0.25, 0.3) is 5.91 Å². The fourth-order valence-electron chi connectivity index (χ4n) is 2.52. The third kappa shape index (κ3) is 5.57. The van der Waals surface area contributed by atoms with Crippen molar-refractivity contribution in [3.8, 4) is 11.5 Å². The van der Waals surface area contributed by atoms with Crippen molar-refractivity contribution < 1.29 is 19.1 Å². The number of nitrogens with zero attached hydrogens (tertiary/aromatic N) is 1. The number of methoxy groups -OCH3 is 1. The molecule has 1 aliphatic heterocycles. The SMILES string of the molecule is COc1cc(/C=C2/SC(NC(C)=O)=NC2=O)cc(Br)c1OCc1ccc(Cl)cc1Cl. The Morgan fingerprint density at radius 3 is 2.73 bits per heavy atom. The highest BCUT2D eigenvalue weighted by molar-refractivity contribution is 9.10. The number of amides is 2. The molecule has 2 aromatic rings. The Kier molecular flexibility index (Phi) is 7.46. The number of hydrogen-bond donors (Lipinski definition) is 1. The summed E-state index contributed by atoms with van der Waals surface area (Å²) in [4.78, 5) is 27.4. The van der Waals surface area contributed by atoms with Gasteiger partial charge in [-0.2, -0.15) is 4.99 Å². The van der Waals surface area contributed by atoms with Crippen LogP contribution in [0.5, 0.6) is 11.5 Å². The molecule has 30 heavy (non-hydrogen) atoms. The molecule has 6 nitrogen and oxygen atoms in total. The zero-order valence-electron chi connectivity index (χ0n) is 15.8. The van der Waals surface area contributed by atoms with Crippen LogP contribution in [0.25, 0.3) is 6.08 Å². The Labute approximate surface area is 195 Å². The number of hydrogen-bond acceptors (Lipinski definition) is 5. The van der Waals surface area contributed by atoms with E-state index in [0.717, 1.165) is 17.3 Å². The summed E-state index contributed by atoms with van der Waals surface area (Å²) in [5, 5.41) is 3.82. The molecule has 0 saturated carbocycles. The summed E-state index contributed by atoms with van der Waals surface area (Å²) < 4.78 is 12.0. The Bertz CT molecular complexity index is 1090. The van der Waals surface area contributed by atoms with E-state index >= 15 is 0 Å². The van der Waals surface area contributed by atoms with Gasteiger partial charge >= 0.3 is 0 Å². The molecule has 1 N–H and O–H groups in total. The third-order valence-corrected chi connectivity index (χ3v) is 5.92. The van der Waals surface area contributed by atoms with Gasteiger partial charge in [0, 0.05) is 22.5 Å². The average Bonchev–Trinajstić information content (AvgIpc) is 2.99. The molecule has 0 aliphatic carbocycles. The predicted octanol–water partition coefficient (Wildman–Crippen LogP) is 5.45. The summed E-state index contributed by atoms with van der Waals surface area (Å²) in [6.45, 7) is 1.57. The van der Waals surface area contributed by atoms with Gasteiger partial charge in [-0.1, -0.05) is 29.3 Å². The van der Waals surface area contributed by atoms with Gasteiger partial charge in [0.15, 0.2) is 16.7 Å². The number of ether oxygens (including phenoxy) is 2. The van der Waals surface area contributed by atoms with Crippen molar-refractivity contribution in [2.45, 2.75) is 13.5 Å². The highest BCUT2D eigenvalue weighted by atomic mass is 79.9. The van der Waals surface area contributed by atoms with Crippen LogP contribution >= 0.6 is 50.9 Å². The van der Waals surface area contributed by atoms with Crippen LogP contribution in [0.4, 0.5) is 0 Å². The minimum absolute atomic E-state index is 0.216. The molecular formula is C20H15BrCl2N2O4S. The van der Waals surface area contributed by atoms with E-state index in [1.54, 1.807) is 36.4 Å². The first-order valence-electron chi connectivity index (χ1n) is 8.51. The van der Waals surface area contributed by atoms with E-state index in [1.165, 1.54) is 14.0 Å². The van der Waals surface area contributed by atoms with Gasteiger partial charge in [-0.25, -0.2) is 0 Å². The minimum atomic E-state index is -0.420. The molecule has 0 radical (unpaired) electrons. The summed E-state index contributed by atoms with van der Waals surface area (Å²) in [7, 11) is 1.52. The molecule has 3 rings (SSSR count). The lowest BCUT2D eigenvalue weighted by Crippen LogP contribution is -2.23.